The van der Waals surface area contributed by atoms with E-state index in [1.54, 1.807) is 0 Å². The van der Waals surface area contributed by atoms with Gasteiger partial charge in [-0.3, -0.25) is 0 Å². The maximum atomic E-state index is 14.0. The van der Waals surface area contributed by atoms with Crippen LogP contribution in [0.25, 0.3) is 0 Å². The van der Waals surface area contributed by atoms with Gasteiger partial charge in [-0.05, 0) is 42.9 Å². The van der Waals surface area contributed by atoms with Gasteiger partial charge in [0.2, 0.25) is 0 Å². The normalized spacial score (nSPS) is 17.1. The molecular formula is C15H18BrCl2F. The molecule has 1 fully saturated rings. The topological polar surface area (TPSA) is 0 Å². The lowest BCUT2D eigenvalue weighted by atomic mass is 9.73. The highest BCUT2D eigenvalue weighted by Crippen LogP contribution is 2.44. The Hall–Kier alpha value is 0.210. The lowest BCUT2D eigenvalue weighted by Crippen LogP contribution is -2.36. The van der Waals surface area contributed by atoms with E-state index in [2.05, 4.69) is 15.9 Å². The van der Waals surface area contributed by atoms with Gasteiger partial charge in [-0.25, -0.2) is 4.39 Å². The summed E-state index contributed by atoms with van der Waals surface area (Å²) in [7, 11) is 0. The number of benzene rings is 1. The number of halogens is 4. The van der Waals surface area contributed by atoms with Gasteiger partial charge in [0.1, 0.15) is 5.82 Å². The second kappa shape index (κ2) is 6.78. The van der Waals surface area contributed by atoms with Gasteiger partial charge < -0.3 is 0 Å². The molecule has 1 aromatic rings. The van der Waals surface area contributed by atoms with Crippen molar-refractivity contribution in [3.05, 3.63) is 34.1 Å². The highest BCUT2D eigenvalue weighted by molar-refractivity contribution is 9.10. The molecule has 1 saturated carbocycles. The second-order valence-corrected chi connectivity index (χ2v) is 6.97. The van der Waals surface area contributed by atoms with Gasteiger partial charge in [-0.1, -0.05) is 34.8 Å². The molecule has 0 atom stereocenters. The van der Waals surface area contributed by atoms with E-state index in [0.29, 0.717) is 24.1 Å². The number of hydrogen-bond acceptors (Lipinski definition) is 0. The first kappa shape index (κ1) is 15.6. The van der Waals surface area contributed by atoms with Gasteiger partial charge in [-0.2, -0.15) is 0 Å². The minimum absolute atomic E-state index is 0.172. The Morgan fingerprint density at radius 2 is 1.84 bits per heavy atom. The van der Waals surface area contributed by atoms with E-state index in [4.69, 9.17) is 23.2 Å². The van der Waals surface area contributed by atoms with Crippen LogP contribution in [-0.2, 0) is 6.42 Å². The van der Waals surface area contributed by atoms with Crippen LogP contribution < -0.4 is 0 Å². The Balaban J connectivity index is 2.24. The van der Waals surface area contributed by atoms with Crippen LogP contribution in [0.1, 0.15) is 31.2 Å². The number of hydrogen-bond donors (Lipinski definition) is 0. The minimum Gasteiger partial charge on any atom is -0.207 e. The smallest absolute Gasteiger partial charge is 0.127 e. The third-order valence-electron chi connectivity index (χ3n) is 4.31. The molecule has 19 heavy (non-hydrogen) atoms. The predicted octanol–water partition coefficient (Wildman–Crippen LogP) is 5.78. The van der Waals surface area contributed by atoms with Crippen LogP contribution in [0.2, 0.25) is 0 Å². The molecule has 106 valence electrons. The van der Waals surface area contributed by atoms with Crippen molar-refractivity contribution in [1.29, 1.82) is 0 Å². The summed E-state index contributed by atoms with van der Waals surface area (Å²) in [6, 6.07) is 5.22. The Morgan fingerprint density at radius 1 is 1.21 bits per heavy atom. The molecule has 2 rings (SSSR count). The minimum atomic E-state index is -0.174. The third-order valence-corrected chi connectivity index (χ3v) is 5.87. The van der Waals surface area contributed by atoms with Gasteiger partial charge in [0.25, 0.3) is 0 Å². The first-order chi connectivity index (χ1) is 9.11. The zero-order valence-electron chi connectivity index (χ0n) is 10.8. The summed E-state index contributed by atoms with van der Waals surface area (Å²) < 4.78 is 14.8. The fraction of sp³-hybridized carbons (Fsp3) is 0.600. The van der Waals surface area contributed by atoms with Crippen molar-refractivity contribution in [3.63, 3.8) is 0 Å². The molecule has 0 saturated heterocycles. The monoisotopic (exact) mass is 366 g/mol. The van der Waals surface area contributed by atoms with Crippen molar-refractivity contribution in [3.8, 4) is 0 Å². The summed E-state index contributed by atoms with van der Waals surface area (Å²) >= 11 is 15.7. The van der Waals surface area contributed by atoms with E-state index >= 15 is 0 Å². The molecule has 0 amide bonds. The van der Waals surface area contributed by atoms with E-state index in [0.717, 1.165) is 22.9 Å². The maximum Gasteiger partial charge on any atom is 0.127 e. The van der Waals surface area contributed by atoms with Crippen molar-refractivity contribution in [1.82, 2.24) is 0 Å². The van der Waals surface area contributed by atoms with Crippen molar-refractivity contribution < 1.29 is 4.39 Å². The van der Waals surface area contributed by atoms with E-state index < -0.39 is 0 Å². The van der Waals surface area contributed by atoms with Gasteiger partial charge in [0, 0.05) is 21.6 Å². The molecule has 0 aliphatic heterocycles. The molecule has 4 heteroatoms. The van der Waals surface area contributed by atoms with E-state index in [1.807, 2.05) is 12.1 Å². The zero-order valence-corrected chi connectivity index (χ0v) is 13.9. The van der Waals surface area contributed by atoms with E-state index in [1.165, 1.54) is 18.9 Å². The molecule has 1 aliphatic carbocycles. The molecule has 0 unspecified atom stereocenters. The molecule has 0 bridgehead atoms. The quantitative estimate of drug-likeness (QED) is 0.578. The van der Waals surface area contributed by atoms with Crippen LogP contribution in [0.15, 0.2) is 22.7 Å². The summed E-state index contributed by atoms with van der Waals surface area (Å²) in [6.45, 7) is 0. The lowest BCUT2D eigenvalue weighted by molar-refractivity contribution is 0.223. The van der Waals surface area contributed by atoms with Crippen LogP contribution in [0, 0.1) is 17.2 Å². The largest absolute Gasteiger partial charge is 0.207 e. The number of rotatable bonds is 5. The fourth-order valence-corrected chi connectivity index (χ4v) is 4.32. The van der Waals surface area contributed by atoms with Crippen molar-refractivity contribution in [2.24, 2.45) is 11.3 Å². The highest BCUT2D eigenvalue weighted by Gasteiger charge is 2.39. The molecule has 0 nitrogen and oxygen atoms in total. The SMILES string of the molecule is Fc1cc(Br)ccc1CC(CCl)(CCl)C1CCCC1. The van der Waals surface area contributed by atoms with E-state index in [-0.39, 0.29) is 11.2 Å². The molecular weight excluding hydrogens is 350 g/mol. The molecule has 0 radical (unpaired) electrons. The van der Waals surface area contributed by atoms with Crippen LogP contribution in [-0.4, -0.2) is 11.8 Å². The Morgan fingerprint density at radius 3 is 2.37 bits per heavy atom. The Bertz CT molecular complexity index is 426. The lowest BCUT2D eigenvalue weighted by Gasteiger charge is -2.36. The molecule has 0 heterocycles. The first-order valence-corrected chi connectivity index (χ1v) is 8.53. The predicted molar refractivity (Wildman–Crippen MR) is 83.6 cm³/mol. The summed E-state index contributed by atoms with van der Waals surface area (Å²) in [4.78, 5) is 0. The average molecular weight is 368 g/mol. The molecule has 0 N–H and O–H groups in total. The average Bonchev–Trinajstić information content (AvgIpc) is 2.93. The standard InChI is InChI=1S/C15H18BrCl2F/c16-13-6-5-11(14(19)7-13)8-15(9-17,10-18)12-3-1-2-4-12/h5-7,12H,1-4,8-10H2. The van der Waals surface area contributed by atoms with Crippen molar-refractivity contribution in [2.45, 2.75) is 32.1 Å². The summed E-state index contributed by atoms with van der Waals surface area (Å²) in [5, 5.41) is 0. The fourth-order valence-electron chi connectivity index (χ4n) is 3.08. The summed E-state index contributed by atoms with van der Waals surface area (Å²) in [5.74, 6) is 1.34. The second-order valence-electron chi connectivity index (χ2n) is 5.52. The molecule has 0 aromatic heterocycles. The Kier molecular flexibility index (Phi) is 5.56. The van der Waals surface area contributed by atoms with Gasteiger partial charge in [0.15, 0.2) is 0 Å². The van der Waals surface area contributed by atoms with Gasteiger partial charge >= 0.3 is 0 Å². The first-order valence-electron chi connectivity index (χ1n) is 6.67. The Labute approximate surface area is 132 Å². The number of alkyl halides is 2. The maximum absolute atomic E-state index is 14.0. The highest BCUT2D eigenvalue weighted by atomic mass is 79.9. The molecule has 1 aliphatic rings. The molecule has 0 spiro atoms. The molecule has 1 aromatic carbocycles. The summed E-state index contributed by atoms with van der Waals surface area (Å²) in [5.41, 5.74) is 0.547. The third kappa shape index (κ3) is 3.46. The van der Waals surface area contributed by atoms with Gasteiger partial charge in [0.05, 0.1) is 0 Å². The van der Waals surface area contributed by atoms with Gasteiger partial charge in [-0.15, -0.1) is 23.2 Å². The summed E-state index contributed by atoms with van der Waals surface area (Å²) in [6.07, 6.45) is 5.44. The zero-order chi connectivity index (χ0) is 13.9. The van der Waals surface area contributed by atoms with Crippen molar-refractivity contribution >= 4 is 39.1 Å². The van der Waals surface area contributed by atoms with Crippen molar-refractivity contribution in [2.75, 3.05) is 11.8 Å². The van der Waals surface area contributed by atoms with Crippen LogP contribution in [0.3, 0.4) is 0 Å². The van der Waals surface area contributed by atoms with Crippen LogP contribution in [0.4, 0.5) is 4.39 Å². The van der Waals surface area contributed by atoms with Crippen LogP contribution in [0.5, 0.6) is 0 Å². The van der Waals surface area contributed by atoms with Crippen LogP contribution >= 0.6 is 39.1 Å². The van der Waals surface area contributed by atoms with E-state index in [9.17, 15) is 4.39 Å².